The van der Waals surface area contributed by atoms with Crippen LogP contribution in [0.4, 0.5) is 5.69 Å². The summed E-state index contributed by atoms with van der Waals surface area (Å²) in [5, 5.41) is 11.8. The van der Waals surface area contributed by atoms with E-state index in [4.69, 9.17) is 10.8 Å². The molecule has 0 saturated carbocycles. The molecular weight excluding hydrogens is 414 g/mol. The lowest BCUT2D eigenvalue weighted by Gasteiger charge is -2.25. The molecule has 0 bridgehead atoms. The minimum absolute atomic E-state index is 0.0613. The number of pyridine rings is 1. The molecular formula is C22H29N5O3S. The predicted octanol–water partition coefficient (Wildman–Crippen LogP) is 2.24. The number of likely N-dealkylation sites (N-methyl/N-ethyl adjacent to an activating group) is 1. The number of piperidine rings is 1. The number of β-amino-alcohol motifs (C(OH)–C–C–N with tert-alkyl or cyclic N) is 1. The van der Waals surface area contributed by atoms with Gasteiger partial charge in [-0.15, -0.1) is 11.8 Å². The second-order valence-corrected chi connectivity index (χ2v) is 8.14. The van der Waals surface area contributed by atoms with Crippen molar-refractivity contribution in [2.45, 2.75) is 30.4 Å². The molecule has 3 rings (SSSR count). The third-order valence-electron chi connectivity index (χ3n) is 4.61. The standard InChI is InChI=1S/C16H16N4O2S.C6H13NO/c1-18-13-6-5-11(7-15(13)23-10-17)8-19-16(22)14-4-2-3-12(9-21)20-14;1-7-4-2-3-6(8)5-7/h2-7,9H,1,8,10,17H2,(H,19,22);6,8H,2-5H2,1H3. The summed E-state index contributed by atoms with van der Waals surface area (Å²) < 4.78 is 0. The Morgan fingerprint density at radius 2 is 2.26 bits per heavy atom. The van der Waals surface area contributed by atoms with E-state index >= 15 is 0 Å². The maximum atomic E-state index is 12.1. The molecule has 0 radical (unpaired) electrons. The van der Waals surface area contributed by atoms with Crippen molar-refractivity contribution in [2.75, 3.05) is 26.0 Å². The molecule has 2 aromatic rings. The zero-order valence-corrected chi connectivity index (χ0v) is 18.5. The van der Waals surface area contributed by atoms with E-state index < -0.39 is 0 Å². The van der Waals surface area contributed by atoms with E-state index in [1.165, 1.54) is 11.8 Å². The fourth-order valence-corrected chi connectivity index (χ4v) is 3.75. The van der Waals surface area contributed by atoms with Crippen LogP contribution in [0.1, 0.15) is 39.4 Å². The molecule has 1 aromatic carbocycles. The van der Waals surface area contributed by atoms with Crippen LogP contribution in [0.25, 0.3) is 0 Å². The topological polar surface area (TPSA) is 121 Å². The van der Waals surface area contributed by atoms with Gasteiger partial charge in [-0.2, -0.15) is 0 Å². The summed E-state index contributed by atoms with van der Waals surface area (Å²) in [6.45, 7) is 5.87. The summed E-state index contributed by atoms with van der Waals surface area (Å²) in [7, 11) is 2.04. The maximum Gasteiger partial charge on any atom is 0.270 e. The summed E-state index contributed by atoms with van der Waals surface area (Å²) in [5.41, 5.74) is 7.65. The Kier molecular flexibility index (Phi) is 10.3. The highest BCUT2D eigenvalue weighted by molar-refractivity contribution is 7.99. The molecule has 166 valence electrons. The van der Waals surface area contributed by atoms with Crippen molar-refractivity contribution in [1.29, 1.82) is 0 Å². The van der Waals surface area contributed by atoms with Crippen LogP contribution in [-0.2, 0) is 6.54 Å². The first-order chi connectivity index (χ1) is 15.0. The van der Waals surface area contributed by atoms with E-state index in [-0.39, 0.29) is 23.4 Å². The van der Waals surface area contributed by atoms with Crippen LogP contribution in [-0.4, -0.2) is 66.0 Å². The van der Waals surface area contributed by atoms with Gasteiger partial charge in [-0.25, -0.2) is 4.98 Å². The van der Waals surface area contributed by atoms with Crippen LogP contribution in [0.5, 0.6) is 0 Å². The molecule has 1 saturated heterocycles. The molecule has 2 heterocycles. The molecule has 0 aliphatic carbocycles. The number of aliphatic hydroxyl groups is 1. The first kappa shape index (κ1) is 24.7. The van der Waals surface area contributed by atoms with Gasteiger partial charge in [0.2, 0.25) is 0 Å². The number of carbonyl (C=O) groups excluding carboxylic acids is 2. The third kappa shape index (κ3) is 8.22. The van der Waals surface area contributed by atoms with E-state index in [2.05, 4.69) is 26.9 Å². The fourth-order valence-electron chi connectivity index (χ4n) is 3.06. The minimum Gasteiger partial charge on any atom is -0.392 e. The van der Waals surface area contributed by atoms with Gasteiger partial charge in [0.15, 0.2) is 6.29 Å². The number of nitrogens with one attached hydrogen (secondary N) is 1. The largest absolute Gasteiger partial charge is 0.392 e. The number of hydrogen-bond donors (Lipinski definition) is 3. The number of carbonyl (C=O) groups is 2. The van der Waals surface area contributed by atoms with Crippen molar-refractivity contribution >= 4 is 36.4 Å². The summed E-state index contributed by atoms with van der Waals surface area (Å²) in [4.78, 5) is 33.7. The lowest BCUT2D eigenvalue weighted by Crippen LogP contribution is -2.34. The van der Waals surface area contributed by atoms with Crippen LogP contribution in [0.15, 0.2) is 46.3 Å². The highest BCUT2D eigenvalue weighted by atomic mass is 32.2. The van der Waals surface area contributed by atoms with Gasteiger partial charge in [0.1, 0.15) is 11.4 Å². The number of benzene rings is 1. The number of aliphatic imine (C=N–C) groups is 1. The molecule has 1 amide bonds. The minimum atomic E-state index is -0.340. The van der Waals surface area contributed by atoms with Crippen LogP contribution < -0.4 is 11.1 Å². The highest BCUT2D eigenvalue weighted by Crippen LogP contribution is 2.29. The van der Waals surface area contributed by atoms with E-state index in [1.807, 2.05) is 25.2 Å². The lowest BCUT2D eigenvalue weighted by atomic mass is 10.1. The smallest absolute Gasteiger partial charge is 0.270 e. The number of likely N-dealkylation sites (tertiary alicyclic amines) is 1. The Bertz CT molecular complexity index is 885. The van der Waals surface area contributed by atoms with E-state index in [0.29, 0.717) is 18.7 Å². The molecule has 0 spiro atoms. The normalized spacial score (nSPS) is 16.0. The molecule has 31 heavy (non-hydrogen) atoms. The zero-order chi connectivity index (χ0) is 22.6. The average Bonchev–Trinajstić information content (AvgIpc) is 2.78. The van der Waals surface area contributed by atoms with E-state index in [0.717, 1.165) is 42.1 Å². The SMILES string of the molecule is C=Nc1ccc(CNC(=O)c2cccc(C=O)n2)cc1SCN.CN1CCCC(O)C1. The van der Waals surface area contributed by atoms with Gasteiger partial charge < -0.3 is 21.1 Å². The van der Waals surface area contributed by atoms with Gasteiger partial charge in [0.05, 0.1) is 11.8 Å². The van der Waals surface area contributed by atoms with Crippen molar-refractivity contribution < 1.29 is 14.7 Å². The van der Waals surface area contributed by atoms with Gasteiger partial charge in [0, 0.05) is 23.9 Å². The summed E-state index contributed by atoms with van der Waals surface area (Å²) >= 11 is 1.46. The number of rotatable bonds is 7. The first-order valence-electron chi connectivity index (χ1n) is 9.96. The monoisotopic (exact) mass is 443 g/mol. The lowest BCUT2D eigenvalue weighted by molar-refractivity contribution is 0.0846. The van der Waals surface area contributed by atoms with Crippen LogP contribution in [0.2, 0.25) is 0 Å². The molecule has 1 atom stereocenters. The van der Waals surface area contributed by atoms with Gasteiger partial charge in [-0.1, -0.05) is 12.1 Å². The summed E-state index contributed by atoms with van der Waals surface area (Å²) in [6, 6.07) is 10.3. The number of aliphatic hydroxyl groups excluding tert-OH is 1. The summed E-state index contributed by atoms with van der Waals surface area (Å²) in [6.07, 6.45) is 2.68. The Hall–Kier alpha value is -2.59. The Morgan fingerprint density at radius 3 is 2.87 bits per heavy atom. The molecule has 1 aliphatic heterocycles. The van der Waals surface area contributed by atoms with E-state index in [9.17, 15) is 9.59 Å². The predicted molar refractivity (Wildman–Crippen MR) is 124 cm³/mol. The Labute approximate surface area is 187 Å². The van der Waals surface area contributed by atoms with Crippen LogP contribution in [0.3, 0.4) is 0 Å². The number of hydrogen-bond acceptors (Lipinski definition) is 8. The second kappa shape index (κ2) is 13.0. The molecule has 1 aliphatic rings. The molecule has 9 heteroatoms. The van der Waals surface area contributed by atoms with Crippen molar-refractivity contribution in [3.05, 3.63) is 53.3 Å². The number of thioether (sulfide) groups is 1. The fraction of sp³-hybridized carbons (Fsp3) is 0.364. The van der Waals surface area contributed by atoms with Gasteiger partial charge >= 0.3 is 0 Å². The second-order valence-electron chi connectivity index (χ2n) is 7.08. The molecule has 1 fully saturated rings. The van der Waals surface area contributed by atoms with E-state index in [1.54, 1.807) is 18.2 Å². The number of nitrogens with zero attached hydrogens (tertiary/aromatic N) is 3. The number of nitrogens with two attached hydrogens (primary N) is 1. The van der Waals surface area contributed by atoms with Gasteiger partial charge in [-0.05, 0) is 63.0 Å². The Balaban J connectivity index is 0.000000357. The number of amides is 1. The zero-order valence-electron chi connectivity index (χ0n) is 17.7. The number of aldehydes is 1. The van der Waals surface area contributed by atoms with Crippen molar-refractivity contribution in [3.8, 4) is 0 Å². The first-order valence-corrected chi connectivity index (χ1v) is 10.9. The third-order valence-corrected chi connectivity index (χ3v) is 5.41. The highest BCUT2D eigenvalue weighted by Gasteiger charge is 2.13. The molecule has 8 nitrogen and oxygen atoms in total. The number of aromatic nitrogens is 1. The van der Waals surface area contributed by atoms with Crippen molar-refractivity contribution in [2.24, 2.45) is 10.7 Å². The van der Waals surface area contributed by atoms with Gasteiger partial charge in [-0.3, -0.25) is 14.6 Å². The van der Waals surface area contributed by atoms with Crippen molar-refractivity contribution in [1.82, 2.24) is 15.2 Å². The summed E-state index contributed by atoms with van der Waals surface area (Å²) in [5.74, 6) is 0.0912. The quantitative estimate of drug-likeness (QED) is 0.260. The van der Waals surface area contributed by atoms with Crippen LogP contribution in [0, 0.1) is 0 Å². The van der Waals surface area contributed by atoms with Gasteiger partial charge in [0.25, 0.3) is 5.91 Å². The average molecular weight is 444 g/mol. The molecule has 1 aromatic heterocycles. The van der Waals surface area contributed by atoms with Crippen LogP contribution >= 0.6 is 11.8 Å². The molecule has 4 N–H and O–H groups in total. The van der Waals surface area contributed by atoms with Crippen molar-refractivity contribution in [3.63, 3.8) is 0 Å². The molecule has 1 unspecified atom stereocenters. The maximum absolute atomic E-state index is 12.1. The Morgan fingerprint density at radius 1 is 1.45 bits per heavy atom.